The highest BCUT2D eigenvalue weighted by Crippen LogP contribution is 2.34. The second-order valence-corrected chi connectivity index (χ2v) is 26.7. The molecular weight excluding hydrogens is 1190 g/mol. The molecule has 3 heterocycles. The number of epoxide rings is 1. The lowest BCUT2D eigenvalue weighted by Gasteiger charge is -2.35. The first-order valence-corrected chi connectivity index (χ1v) is 32.8. The summed E-state index contributed by atoms with van der Waals surface area (Å²) in [4.78, 5) is 151. The number of likely N-dealkylation sites (N-methyl/N-ethyl adjacent to an activating group) is 6. The Labute approximate surface area is 535 Å². The Morgan fingerprint density at radius 2 is 1.27 bits per heavy atom. The largest absolute Gasteiger partial charge is 0.419 e. The second-order valence-electron chi connectivity index (χ2n) is 26.7. The molecule has 0 spiro atoms. The number of hydrogen-bond donors (Lipinski definition) is 4. The van der Waals surface area contributed by atoms with Crippen LogP contribution in [0.4, 0.5) is 17.6 Å². The van der Waals surface area contributed by atoms with E-state index in [4.69, 9.17) is 4.74 Å². The molecule has 0 bridgehead atoms. The lowest BCUT2D eigenvalue weighted by Crippen LogP contribution is -2.56. The Bertz CT molecular complexity index is 2680. The molecule has 4 aliphatic rings. The zero-order valence-corrected chi connectivity index (χ0v) is 55.8. The van der Waals surface area contributed by atoms with Gasteiger partial charge in [0.05, 0.1) is 31.2 Å². The Morgan fingerprint density at radius 1 is 0.648 bits per heavy atom. The first-order valence-electron chi connectivity index (χ1n) is 32.8. The van der Waals surface area contributed by atoms with Gasteiger partial charge in [0.15, 0.2) is 0 Å². The number of hydrogen-bond acceptors (Lipinski definition) is 12. The third-order valence-electron chi connectivity index (χ3n) is 18.1. The molecule has 3 saturated heterocycles. The van der Waals surface area contributed by atoms with E-state index in [1.54, 1.807) is 33.0 Å². The van der Waals surface area contributed by atoms with Crippen LogP contribution in [-0.4, -0.2) is 223 Å². The Hall–Kier alpha value is -6.44. The van der Waals surface area contributed by atoms with Gasteiger partial charge in [0, 0.05) is 67.2 Å². The molecule has 5 rings (SSSR count). The summed E-state index contributed by atoms with van der Waals surface area (Å²) in [5.74, 6) is -6.51. The fraction of sp³-hybridized carbons (Fsp3) is 0.754. The number of alkyl halides is 3. The number of benzene rings is 1. The number of carbonyl (C=O) groups excluding carboxylic acids is 10. The first-order chi connectivity index (χ1) is 42.8. The van der Waals surface area contributed by atoms with Crippen molar-refractivity contribution in [1.82, 2.24) is 55.6 Å². The third-order valence-corrected chi connectivity index (χ3v) is 18.1. The van der Waals surface area contributed by atoms with Crippen LogP contribution in [0.5, 0.6) is 0 Å². The SMILES string of the molecule is CCCC[C@@H]1NC(=O)[C@H](CC(C)C)N(C)C(=O)C[C@@H](C)NC(=O)[C@H](CC(C)C)N(C)C(=O)CCCCNC(=O)[C@@H]2CCCN2C(=O)[C@H](CCc2ccc(C(F)(F)F)c(F)c2)NC(=O)CN(C)C(=O)[C@H](CC2CCCCC2)N(C)C(=O)CN(C)C(=O)CN(C)C2OC21. The maximum absolute atomic E-state index is 14.8. The molecule has 9 atom stereocenters. The average molecular weight is 1290 g/mol. The topological polar surface area (TPSA) is 254 Å². The molecule has 91 heavy (non-hydrogen) atoms. The van der Waals surface area contributed by atoms with Crippen molar-refractivity contribution in [3.8, 4) is 0 Å². The van der Waals surface area contributed by atoms with Gasteiger partial charge in [-0.1, -0.05) is 85.6 Å². The highest BCUT2D eigenvalue weighted by molar-refractivity contribution is 5.95. The summed E-state index contributed by atoms with van der Waals surface area (Å²) >= 11 is 0. The summed E-state index contributed by atoms with van der Waals surface area (Å²) in [6.45, 7) is 10.5. The van der Waals surface area contributed by atoms with Crippen molar-refractivity contribution in [3.63, 3.8) is 0 Å². The number of unbranched alkanes of at least 4 members (excludes halogenated alkanes) is 1. The quantitative estimate of drug-likeness (QED) is 0.155. The van der Waals surface area contributed by atoms with Crippen LogP contribution >= 0.6 is 0 Å². The first kappa shape index (κ1) is 75.3. The van der Waals surface area contributed by atoms with Gasteiger partial charge in [-0.05, 0) is 114 Å². The average Bonchev–Trinajstić information content (AvgIpc) is 1.70. The van der Waals surface area contributed by atoms with E-state index >= 15 is 0 Å². The standard InChI is InChI=1S/C65H103F4N11O11/c1-13-14-23-47-58-64(91-58)76(9)38-56(84)74(7)39-57(85)79(12)52(36-43-21-16-15-17-22-43)63(90)75(8)37-53(81)72-48(29-27-44-26-28-45(46(66)35-44)65(67,68)69)62(89)80-31-20-24-49(80)59(86)70-30-19-18-25-54(82)77(10)50(32-40(2)3)60(87)71-42(6)34-55(83)78(11)51(33-41(4)5)61(88)73-47/h26,28,35,40-43,47-52,58,64H,13-25,27,29-34,36-39H2,1-12H3,(H,70,86)(H,71,87)(H,72,81)(H,73,88)/t42-,47+,48+,49+,50+,51+,52+,58?,64?/m1/s1. The maximum Gasteiger partial charge on any atom is 0.419 e. The van der Waals surface area contributed by atoms with Gasteiger partial charge in [0.25, 0.3) is 0 Å². The predicted octanol–water partition coefficient (Wildman–Crippen LogP) is 5.24. The molecular formula is C65H103F4N11O11. The third kappa shape index (κ3) is 22.4. The summed E-state index contributed by atoms with van der Waals surface area (Å²) in [6, 6.07) is -3.97. The minimum Gasteiger partial charge on any atom is -0.354 e. The lowest BCUT2D eigenvalue weighted by molar-refractivity contribution is -0.148. The van der Waals surface area contributed by atoms with E-state index < -0.39 is 127 Å². The van der Waals surface area contributed by atoms with Crippen molar-refractivity contribution in [2.75, 3.05) is 75.0 Å². The number of amides is 10. The van der Waals surface area contributed by atoms with Gasteiger partial charge in [-0.3, -0.25) is 52.8 Å². The Balaban J connectivity index is 1.43. The van der Waals surface area contributed by atoms with E-state index in [0.29, 0.717) is 50.7 Å². The smallest absolute Gasteiger partial charge is 0.354 e. The maximum atomic E-state index is 14.8. The molecule has 4 N–H and O–H groups in total. The van der Waals surface area contributed by atoms with Crippen LogP contribution in [-0.2, 0) is 65.3 Å². The second kappa shape index (κ2) is 35.0. The van der Waals surface area contributed by atoms with Gasteiger partial charge >= 0.3 is 6.18 Å². The van der Waals surface area contributed by atoms with Crippen molar-refractivity contribution in [2.45, 2.75) is 224 Å². The van der Waals surface area contributed by atoms with Crippen LogP contribution in [0, 0.1) is 23.6 Å². The van der Waals surface area contributed by atoms with Crippen molar-refractivity contribution < 1.29 is 70.2 Å². The van der Waals surface area contributed by atoms with Gasteiger partial charge in [-0.15, -0.1) is 0 Å². The molecule has 2 unspecified atom stereocenters. The summed E-state index contributed by atoms with van der Waals surface area (Å²) in [7, 11) is 9.14. The van der Waals surface area contributed by atoms with E-state index in [2.05, 4.69) is 21.3 Å². The number of nitrogens with one attached hydrogen (secondary N) is 4. The fourth-order valence-electron chi connectivity index (χ4n) is 12.6. The lowest BCUT2D eigenvalue weighted by atomic mass is 9.84. The van der Waals surface area contributed by atoms with Crippen molar-refractivity contribution in [3.05, 3.63) is 35.1 Å². The van der Waals surface area contributed by atoms with Crippen LogP contribution in [0.25, 0.3) is 0 Å². The van der Waals surface area contributed by atoms with E-state index in [0.717, 1.165) is 55.9 Å². The van der Waals surface area contributed by atoms with Gasteiger partial charge in [-0.25, -0.2) is 4.39 Å². The van der Waals surface area contributed by atoms with E-state index in [1.165, 1.54) is 45.6 Å². The number of ether oxygens (including phenoxy) is 1. The molecule has 1 saturated carbocycles. The Morgan fingerprint density at radius 3 is 1.89 bits per heavy atom. The molecule has 22 nitrogen and oxygen atoms in total. The number of rotatable bonds is 12. The van der Waals surface area contributed by atoms with Gasteiger partial charge in [0.1, 0.15) is 48.4 Å². The number of aryl methyl sites for hydroxylation is 1. The van der Waals surface area contributed by atoms with Crippen LogP contribution in [0.3, 0.4) is 0 Å². The number of halogens is 4. The fourth-order valence-corrected chi connectivity index (χ4v) is 12.6. The predicted molar refractivity (Wildman–Crippen MR) is 333 cm³/mol. The van der Waals surface area contributed by atoms with Gasteiger partial charge in [0.2, 0.25) is 59.1 Å². The zero-order valence-electron chi connectivity index (χ0n) is 55.8. The van der Waals surface area contributed by atoms with Crippen LogP contribution in [0.2, 0.25) is 0 Å². The molecule has 1 aliphatic carbocycles. The minimum atomic E-state index is -4.96. The normalized spacial score (nSPS) is 27.2. The van der Waals surface area contributed by atoms with Gasteiger partial charge < -0.3 is 55.4 Å². The number of carbonyl (C=O) groups is 10. The summed E-state index contributed by atoms with van der Waals surface area (Å²) in [6.07, 6.45) is 2.30. The molecule has 10 amide bonds. The molecule has 1 aromatic rings. The van der Waals surface area contributed by atoms with E-state index in [1.807, 2.05) is 34.6 Å². The molecule has 0 radical (unpaired) electrons. The number of nitrogens with zero attached hydrogens (tertiary/aromatic N) is 7. The monoisotopic (exact) mass is 1290 g/mol. The van der Waals surface area contributed by atoms with Crippen molar-refractivity contribution in [2.24, 2.45) is 17.8 Å². The molecule has 512 valence electrons. The molecule has 26 heteroatoms. The van der Waals surface area contributed by atoms with E-state index in [9.17, 15) is 65.5 Å². The molecule has 0 aromatic heterocycles. The summed E-state index contributed by atoms with van der Waals surface area (Å²) < 4.78 is 61.6. The number of fused-ring (bicyclic) bond motifs is 2. The van der Waals surface area contributed by atoms with Gasteiger partial charge in [-0.2, -0.15) is 13.2 Å². The molecule has 4 fully saturated rings. The summed E-state index contributed by atoms with van der Waals surface area (Å²) in [5.41, 5.74) is -1.37. The Kier molecular flexibility index (Phi) is 29.0. The highest BCUT2D eigenvalue weighted by Gasteiger charge is 2.49. The van der Waals surface area contributed by atoms with Crippen LogP contribution < -0.4 is 21.3 Å². The van der Waals surface area contributed by atoms with Crippen LogP contribution in [0.1, 0.15) is 168 Å². The summed E-state index contributed by atoms with van der Waals surface area (Å²) in [5, 5.41) is 11.6. The van der Waals surface area contributed by atoms with Crippen molar-refractivity contribution in [1.29, 1.82) is 0 Å². The van der Waals surface area contributed by atoms with E-state index in [-0.39, 0.29) is 99.2 Å². The van der Waals surface area contributed by atoms with Crippen molar-refractivity contribution >= 4 is 59.1 Å². The minimum absolute atomic E-state index is 0.00143. The molecule has 3 aliphatic heterocycles. The van der Waals surface area contributed by atoms with Crippen LogP contribution in [0.15, 0.2) is 18.2 Å². The molecule has 1 aromatic carbocycles. The highest BCUT2D eigenvalue weighted by atomic mass is 19.4. The zero-order chi connectivity index (χ0) is 67.6.